The standard InChI is InChI=1S/C16H20FNO3/c1-10-9-11(5-6-12(10)17)14(19)18-8-4-7-16(2,3)13(18)15(20)21/h5-6,9,13H,4,7-8H2,1-3H3,(H,20,21). The molecule has 1 aliphatic rings. The van der Waals surface area contributed by atoms with Gasteiger partial charge in [-0.25, -0.2) is 9.18 Å². The Balaban J connectivity index is 2.35. The number of amides is 1. The summed E-state index contributed by atoms with van der Waals surface area (Å²) < 4.78 is 13.3. The predicted molar refractivity (Wildman–Crippen MR) is 76.6 cm³/mol. The molecule has 4 nitrogen and oxygen atoms in total. The van der Waals surface area contributed by atoms with Crippen LogP contribution in [-0.2, 0) is 4.79 Å². The summed E-state index contributed by atoms with van der Waals surface area (Å²) in [5.74, 6) is -1.72. The van der Waals surface area contributed by atoms with E-state index in [4.69, 9.17) is 0 Å². The number of nitrogens with zero attached hydrogens (tertiary/aromatic N) is 1. The van der Waals surface area contributed by atoms with Gasteiger partial charge in [0, 0.05) is 12.1 Å². The molecule has 1 unspecified atom stereocenters. The third-order valence-electron chi connectivity index (χ3n) is 4.17. The molecule has 0 bridgehead atoms. The van der Waals surface area contributed by atoms with Gasteiger partial charge in [-0.05, 0) is 48.9 Å². The number of carboxylic acid groups (broad SMARTS) is 1. The summed E-state index contributed by atoms with van der Waals surface area (Å²) in [4.78, 5) is 25.6. The molecule has 1 heterocycles. The minimum atomic E-state index is -0.994. The highest BCUT2D eigenvalue weighted by Crippen LogP contribution is 2.36. The van der Waals surface area contributed by atoms with Crippen LogP contribution in [0.2, 0.25) is 0 Å². The zero-order valence-corrected chi connectivity index (χ0v) is 12.5. The maximum atomic E-state index is 13.3. The van der Waals surface area contributed by atoms with Crippen molar-refractivity contribution in [1.82, 2.24) is 4.90 Å². The topological polar surface area (TPSA) is 57.6 Å². The summed E-state index contributed by atoms with van der Waals surface area (Å²) in [6.07, 6.45) is 1.53. The lowest BCUT2D eigenvalue weighted by Crippen LogP contribution is -2.56. The van der Waals surface area contributed by atoms with Gasteiger partial charge in [-0.2, -0.15) is 0 Å². The molecule has 0 aromatic heterocycles. The lowest BCUT2D eigenvalue weighted by Gasteiger charge is -2.44. The SMILES string of the molecule is Cc1cc(C(=O)N2CCCC(C)(C)C2C(=O)O)ccc1F. The second-order valence-corrected chi connectivity index (χ2v) is 6.30. The first-order valence-corrected chi connectivity index (χ1v) is 7.04. The van der Waals surface area contributed by atoms with Crippen LogP contribution in [0.25, 0.3) is 0 Å². The highest BCUT2D eigenvalue weighted by Gasteiger charge is 2.44. The second-order valence-electron chi connectivity index (χ2n) is 6.30. The first kappa shape index (κ1) is 15.5. The van der Waals surface area contributed by atoms with Crippen LogP contribution < -0.4 is 0 Å². The number of piperidine rings is 1. The van der Waals surface area contributed by atoms with E-state index in [9.17, 15) is 19.1 Å². The van der Waals surface area contributed by atoms with Crippen LogP contribution in [-0.4, -0.2) is 34.5 Å². The molecule has 21 heavy (non-hydrogen) atoms. The number of carbonyl (C=O) groups is 2. The minimum absolute atomic E-state index is 0.331. The molecule has 1 fully saturated rings. The molecule has 1 atom stereocenters. The third kappa shape index (κ3) is 2.91. The third-order valence-corrected chi connectivity index (χ3v) is 4.17. The summed E-state index contributed by atoms with van der Waals surface area (Å²) in [7, 11) is 0. The molecule has 1 aliphatic heterocycles. The molecule has 5 heteroatoms. The molecule has 2 rings (SSSR count). The zero-order valence-electron chi connectivity index (χ0n) is 12.5. The Hall–Kier alpha value is -1.91. The van der Waals surface area contributed by atoms with Crippen molar-refractivity contribution in [1.29, 1.82) is 0 Å². The highest BCUT2D eigenvalue weighted by molar-refractivity contribution is 5.97. The van der Waals surface area contributed by atoms with Crippen molar-refractivity contribution in [3.8, 4) is 0 Å². The molecule has 0 saturated carbocycles. The summed E-state index contributed by atoms with van der Waals surface area (Å²) >= 11 is 0. The van der Waals surface area contributed by atoms with E-state index >= 15 is 0 Å². The van der Waals surface area contributed by atoms with Gasteiger partial charge in [0.2, 0.25) is 0 Å². The quantitative estimate of drug-likeness (QED) is 0.912. The number of carboxylic acids is 1. The first-order chi connectivity index (χ1) is 9.74. The first-order valence-electron chi connectivity index (χ1n) is 7.04. The van der Waals surface area contributed by atoms with Gasteiger partial charge in [0.25, 0.3) is 5.91 Å². The normalized spacial score (nSPS) is 21.1. The Morgan fingerprint density at radius 1 is 1.38 bits per heavy atom. The summed E-state index contributed by atoms with van der Waals surface area (Å²) in [6, 6.07) is 3.26. The number of benzene rings is 1. The van der Waals surface area contributed by atoms with Crippen molar-refractivity contribution in [2.24, 2.45) is 5.41 Å². The molecular weight excluding hydrogens is 273 g/mol. The number of carbonyl (C=O) groups excluding carboxylic acids is 1. The lowest BCUT2D eigenvalue weighted by atomic mass is 9.76. The van der Waals surface area contributed by atoms with Crippen molar-refractivity contribution < 1.29 is 19.1 Å². The average Bonchev–Trinajstić information content (AvgIpc) is 2.39. The predicted octanol–water partition coefficient (Wildman–Crippen LogP) is 2.85. The number of hydrogen-bond donors (Lipinski definition) is 1. The maximum Gasteiger partial charge on any atom is 0.326 e. The van der Waals surface area contributed by atoms with E-state index in [2.05, 4.69) is 0 Å². The van der Waals surface area contributed by atoms with Crippen LogP contribution in [0.1, 0.15) is 42.6 Å². The van der Waals surface area contributed by atoms with Crippen molar-refractivity contribution in [3.05, 3.63) is 35.1 Å². The Labute approximate surface area is 123 Å². The van der Waals surface area contributed by atoms with Crippen LogP contribution in [0, 0.1) is 18.2 Å². The second kappa shape index (κ2) is 5.47. The number of rotatable bonds is 2. The molecule has 1 N–H and O–H groups in total. The molecular formula is C16H20FNO3. The maximum absolute atomic E-state index is 13.3. The number of aliphatic carboxylic acids is 1. The fourth-order valence-electron chi connectivity index (χ4n) is 3.02. The number of aryl methyl sites for hydroxylation is 1. The minimum Gasteiger partial charge on any atom is -0.480 e. The van der Waals surface area contributed by atoms with E-state index in [1.165, 1.54) is 23.1 Å². The van der Waals surface area contributed by atoms with Gasteiger partial charge in [-0.15, -0.1) is 0 Å². The van der Waals surface area contributed by atoms with E-state index in [1.807, 2.05) is 13.8 Å². The van der Waals surface area contributed by atoms with Crippen LogP contribution in [0.5, 0.6) is 0 Å². The number of hydrogen-bond acceptors (Lipinski definition) is 2. The lowest BCUT2D eigenvalue weighted by molar-refractivity contribution is -0.148. The zero-order chi connectivity index (χ0) is 15.8. The fourth-order valence-corrected chi connectivity index (χ4v) is 3.02. The molecule has 0 spiro atoms. The van der Waals surface area contributed by atoms with Crippen molar-refractivity contribution in [2.45, 2.75) is 39.7 Å². The summed E-state index contributed by atoms with van der Waals surface area (Å²) in [6.45, 7) is 5.72. The van der Waals surface area contributed by atoms with Gasteiger partial charge in [0.1, 0.15) is 11.9 Å². The Kier molecular flexibility index (Phi) is 4.03. The molecule has 0 aliphatic carbocycles. The Morgan fingerprint density at radius 3 is 2.62 bits per heavy atom. The molecule has 114 valence electrons. The average molecular weight is 293 g/mol. The van der Waals surface area contributed by atoms with Crippen molar-refractivity contribution >= 4 is 11.9 Å². The molecule has 1 aromatic rings. The Morgan fingerprint density at radius 2 is 2.05 bits per heavy atom. The van der Waals surface area contributed by atoms with Gasteiger partial charge >= 0.3 is 5.97 Å². The van der Waals surface area contributed by atoms with E-state index in [0.29, 0.717) is 17.7 Å². The molecule has 0 radical (unpaired) electrons. The van der Waals surface area contributed by atoms with Crippen LogP contribution in [0.3, 0.4) is 0 Å². The van der Waals surface area contributed by atoms with E-state index < -0.39 is 17.4 Å². The summed E-state index contributed by atoms with van der Waals surface area (Å²) in [5.41, 5.74) is 0.233. The van der Waals surface area contributed by atoms with Gasteiger partial charge in [0.05, 0.1) is 0 Å². The fraction of sp³-hybridized carbons (Fsp3) is 0.500. The molecule has 1 aromatic carbocycles. The van der Waals surface area contributed by atoms with Gasteiger partial charge < -0.3 is 10.0 Å². The van der Waals surface area contributed by atoms with Gasteiger partial charge in [-0.1, -0.05) is 13.8 Å². The van der Waals surface area contributed by atoms with Crippen molar-refractivity contribution in [2.75, 3.05) is 6.54 Å². The van der Waals surface area contributed by atoms with Gasteiger partial charge in [0.15, 0.2) is 0 Å². The van der Waals surface area contributed by atoms with E-state index in [0.717, 1.165) is 12.8 Å². The van der Waals surface area contributed by atoms with Crippen LogP contribution in [0.15, 0.2) is 18.2 Å². The van der Waals surface area contributed by atoms with E-state index in [-0.39, 0.29) is 11.7 Å². The van der Waals surface area contributed by atoms with Gasteiger partial charge in [-0.3, -0.25) is 4.79 Å². The molecule has 1 saturated heterocycles. The highest BCUT2D eigenvalue weighted by atomic mass is 19.1. The van der Waals surface area contributed by atoms with Crippen LogP contribution in [0.4, 0.5) is 4.39 Å². The molecule has 1 amide bonds. The van der Waals surface area contributed by atoms with Crippen molar-refractivity contribution in [3.63, 3.8) is 0 Å². The largest absolute Gasteiger partial charge is 0.480 e. The smallest absolute Gasteiger partial charge is 0.326 e. The number of halogens is 1. The van der Waals surface area contributed by atoms with E-state index in [1.54, 1.807) is 6.92 Å². The Bertz CT molecular complexity index is 583. The monoisotopic (exact) mass is 293 g/mol. The number of likely N-dealkylation sites (tertiary alicyclic amines) is 1. The summed E-state index contributed by atoms with van der Waals surface area (Å²) in [5, 5.41) is 9.48. The van der Waals surface area contributed by atoms with Crippen LogP contribution >= 0.6 is 0 Å².